The van der Waals surface area contributed by atoms with Crippen molar-refractivity contribution < 1.29 is 4.42 Å². The van der Waals surface area contributed by atoms with Crippen molar-refractivity contribution in [2.24, 2.45) is 0 Å². The van der Waals surface area contributed by atoms with Gasteiger partial charge in [0.15, 0.2) is 0 Å². The largest absolute Gasteiger partial charge is 0.468 e. The molecule has 2 nitrogen and oxygen atoms in total. The molecule has 0 atom stereocenters. The Morgan fingerprint density at radius 3 is 2.31 bits per heavy atom. The third-order valence-electron chi connectivity index (χ3n) is 2.64. The molecule has 3 heteroatoms. The molecule has 0 bridgehead atoms. The van der Waals surface area contributed by atoms with Crippen LogP contribution >= 0.6 is 15.9 Å². The molecule has 0 saturated heterocycles. The Morgan fingerprint density at radius 1 is 1.25 bits per heavy atom. The molecule has 1 heterocycles. The van der Waals surface area contributed by atoms with Crippen LogP contribution in [0.4, 0.5) is 0 Å². The van der Waals surface area contributed by atoms with E-state index in [2.05, 4.69) is 55.9 Å². The summed E-state index contributed by atoms with van der Waals surface area (Å²) in [6.45, 7) is 12.0. The lowest BCUT2D eigenvalue weighted by atomic mass is 9.86. The van der Waals surface area contributed by atoms with Gasteiger partial charge in [-0.05, 0) is 55.7 Å². The van der Waals surface area contributed by atoms with E-state index in [9.17, 15) is 0 Å². The van der Waals surface area contributed by atoms with Crippen LogP contribution < -0.4 is 5.32 Å². The fourth-order valence-electron chi connectivity index (χ4n) is 1.64. The number of furan rings is 1. The molecule has 1 aromatic rings. The molecule has 0 aromatic carbocycles. The van der Waals surface area contributed by atoms with Crippen molar-refractivity contribution >= 4 is 15.9 Å². The van der Waals surface area contributed by atoms with Crippen LogP contribution in [0.3, 0.4) is 0 Å². The second-order valence-corrected chi connectivity index (χ2v) is 6.76. The van der Waals surface area contributed by atoms with Gasteiger partial charge in [0, 0.05) is 11.0 Å². The van der Waals surface area contributed by atoms with Gasteiger partial charge in [0.2, 0.25) is 0 Å². The molecule has 0 radical (unpaired) electrons. The quantitative estimate of drug-likeness (QED) is 0.902. The zero-order valence-corrected chi connectivity index (χ0v) is 12.4. The molecule has 92 valence electrons. The molecule has 0 aliphatic rings. The van der Waals surface area contributed by atoms with E-state index in [4.69, 9.17) is 4.42 Å². The van der Waals surface area contributed by atoms with Crippen molar-refractivity contribution in [2.75, 3.05) is 6.54 Å². The molecule has 16 heavy (non-hydrogen) atoms. The Bertz CT molecular complexity index is 336. The third-order valence-corrected chi connectivity index (χ3v) is 3.26. The summed E-state index contributed by atoms with van der Waals surface area (Å²) in [7, 11) is 0. The van der Waals surface area contributed by atoms with Gasteiger partial charge in [0.05, 0.1) is 10.7 Å². The monoisotopic (exact) mass is 287 g/mol. The average molecular weight is 288 g/mol. The highest BCUT2D eigenvalue weighted by Crippen LogP contribution is 2.33. The minimum atomic E-state index is 0.0561. The summed E-state index contributed by atoms with van der Waals surface area (Å²) >= 11 is 3.52. The van der Waals surface area contributed by atoms with Crippen molar-refractivity contribution in [1.82, 2.24) is 5.32 Å². The Morgan fingerprint density at radius 2 is 1.88 bits per heavy atom. The molecule has 0 amide bonds. The molecule has 1 aromatic heterocycles. The second kappa shape index (κ2) is 4.92. The fraction of sp³-hybridized carbons (Fsp3) is 0.692. The maximum absolute atomic E-state index is 5.54. The van der Waals surface area contributed by atoms with Gasteiger partial charge in [0.25, 0.3) is 0 Å². The molecular weight excluding hydrogens is 266 g/mol. The maximum Gasteiger partial charge on any atom is 0.123 e. The first-order chi connectivity index (χ1) is 7.22. The van der Waals surface area contributed by atoms with Crippen LogP contribution in [-0.2, 0) is 5.41 Å². The normalized spacial score (nSPS) is 13.1. The van der Waals surface area contributed by atoms with E-state index in [1.54, 1.807) is 6.26 Å². The summed E-state index contributed by atoms with van der Waals surface area (Å²) in [5, 5.41) is 3.50. The standard InChI is InChI=1S/C13H22BrNO/c1-12(2,3)15-8-7-13(4,5)11-10(14)6-9-16-11/h6,9,15H,7-8H2,1-5H3. The molecule has 1 rings (SSSR count). The van der Waals surface area contributed by atoms with Crippen molar-refractivity contribution in [3.8, 4) is 0 Å². The Balaban J connectivity index is 2.56. The summed E-state index contributed by atoms with van der Waals surface area (Å²) in [6.07, 6.45) is 2.79. The zero-order chi connectivity index (χ0) is 12.4. The average Bonchev–Trinajstić information content (AvgIpc) is 2.48. The Kier molecular flexibility index (Phi) is 4.24. The SMILES string of the molecule is CC(C)(C)NCCC(C)(C)c1occc1Br. The summed E-state index contributed by atoms with van der Waals surface area (Å²) in [5.41, 5.74) is 0.233. The first-order valence-electron chi connectivity index (χ1n) is 5.71. The molecule has 0 aliphatic heterocycles. The first-order valence-corrected chi connectivity index (χ1v) is 6.50. The van der Waals surface area contributed by atoms with Crippen LogP contribution in [0, 0.1) is 0 Å². The van der Waals surface area contributed by atoms with Gasteiger partial charge >= 0.3 is 0 Å². The minimum absolute atomic E-state index is 0.0561. The maximum atomic E-state index is 5.54. The molecule has 0 saturated carbocycles. The van der Waals surface area contributed by atoms with Crippen LogP contribution in [0.1, 0.15) is 46.8 Å². The van der Waals surface area contributed by atoms with E-state index in [0.717, 1.165) is 23.2 Å². The van der Waals surface area contributed by atoms with Crippen LogP contribution in [-0.4, -0.2) is 12.1 Å². The lowest BCUT2D eigenvalue weighted by Crippen LogP contribution is -2.38. The van der Waals surface area contributed by atoms with E-state index in [1.165, 1.54) is 0 Å². The minimum Gasteiger partial charge on any atom is -0.468 e. The third kappa shape index (κ3) is 3.95. The van der Waals surface area contributed by atoms with Gasteiger partial charge < -0.3 is 9.73 Å². The Hall–Kier alpha value is -0.280. The summed E-state index contributed by atoms with van der Waals surface area (Å²) in [5.74, 6) is 1.03. The smallest absolute Gasteiger partial charge is 0.123 e. The molecule has 0 unspecified atom stereocenters. The van der Waals surface area contributed by atoms with Crippen LogP contribution in [0.25, 0.3) is 0 Å². The van der Waals surface area contributed by atoms with Gasteiger partial charge in [-0.1, -0.05) is 13.8 Å². The number of nitrogens with one attached hydrogen (secondary N) is 1. The number of rotatable bonds is 4. The van der Waals surface area contributed by atoms with Gasteiger partial charge in [-0.2, -0.15) is 0 Å². The molecule has 0 spiro atoms. The predicted octanol–water partition coefficient (Wildman–Crippen LogP) is 4.10. The second-order valence-electron chi connectivity index (χ2n) is 5.91. The molecule has 0 fully saturated rings. The van der Waals surface area contributed by atoms with Gasteiger partial charge in [0.1, 0.15) is 5.76 Å². The van der Waals surface area contributed by atoms with E-state index in [1.807, 2.05) is 6.07 Å². The van der Waals surface area contributed by atoms with Gasteiger partial charge in [-0.15, -0.1) is 0 Å². The fourth-order valence-corrected chi connectivity index (χ4v) is 2.38. The lowest BCUT2D eigenvalue weighted by molar-refractivity contribution is 0.332. The van der Waals surface area contributed by atoms with E-state index in [0.29, 0.717) is 0 Å². The van der Waals surface area contributed by atoms with Crippen molar-refractivity contribution in [3.05, 3.63) is 22.6 Å². The Labute approximate surface area is 107 Å². The number of hydrogen-bond donors (Lipinski definition) is 1. The lowest BCUT2D eigenvalue weighted by Gasteiger charge is -2.26. The van der Waals surface area contributed by atoms with Gasteiger partial charge in [-0.3, -0.25) is 0 Å². The zero-order valence-electron chi connectivity index (χ0n) is 10.9. The highest BCUT2D eigenvalue weighted by molar-refractivity contribution is 9.10. The van der Waals surface area contributed by atoms with E-state index in [-0.39, 0.29) is 11.0 Å². The number of hydrogen-bond acceptors (Lipinski definition) is 2. The first kappa shape index (κ1) is 13.8. The topological polar surface area (TPSA) is 25.2 Å². The van der Waals surface area contributed by atoms with Crippen molar-refractivity contribution in [1.29, 1.82) is 0 Å². The van der Waals surface area contributed by atoms with Crippen molar-refractivity contribution in [3.63, 3.8) is 0 Å². The van der Waals surface area contributed by atoms with Crippen LogP contribution in [0.5, 0.6) is 0 Å². The van der Waals surface area contributed by atoms with Crippen LogP contribution in [0.15, 0.2) is 21.2 Å². The summed E-state index contributed by atoms with van der Waals surface area (Å²) in [4.78, 5) is 0. The molecule has 1 N–H and O–H groups in total. The van der Waals surface area contributed by atoms with Gasteiger partial charge in [-0.25, -0.2) is 0 Å². The molecule has 0 aliphatic carbocycles. The number of halogens is 1. The highest BCUT2D eigenvalue weighted by atomic mass is 79.9. The van der Waals surface area contributed by atoms with Crippen molar-refractivity contribution in [2.45, 2.75) is 52.0 Å². The van der Waals surface area contributed by atoms with E-state index >= 15 is 0 Å². The van der Waals surface area contributed by atoms with Crippen LogP contribution in [0.2, 0.25) is 0 Å². The predicted molar refractivity (Wildman–Crippen MR) is 71.8 cm³/mol. The van der Waals surface area contributed by atoms with E-state index < -0.39 is 0 Å². The molecular formula is C13H22BrNO. The summed E-state index contributed by atoms with van der Waals surface area (Å²) < 4.78 is 6.60. The highest BCUT2D eigenvalue weighted by Gasteiger charge is 2.26. The summed E-state index contributed by atoms with van der Waals surface area (Å²) in [6, 6.07) is 1.95.